The minimum absolute atomic E-state index is 0.831. The molecule has 1 heterocycles. The highest BCUT2D eigenvalue weighted by Crippen LogP contribution is 2.17. The molecule has 94 valence electrons. The fourth-order valence-corrected chi connectivity index (χ4v) is 2.61. The van der Waals surface area contributed by atoms with E-state index in [0.717, 1.165) is 17.4 Å². The largest absolute Gasteiger partial charge is 0.303 e. The van der Waals surface area contributed by atoms with Gasteiger partial charge in [-0.3, -0.25) is 0 Å². The maximum Gasteiger partial charge on any atom is 0.0406 e. The van der Waals surface area contributed by atoms with E-state index in [1.807, 2.05) is 12.1 Å². The molecule has 1 nitrogen and oxygen atoms in total. The molecule has 1 aliphatic rings. The summed E-state index contributed by atoms with van der Waals surface area (Å²) in [4.78, 5) is 2.61. The number of halogens is 1. The molecule has 0 amide bonds. The molecule has 2 heteroatoms. The quantitative estimate of drug-likeness (QED) is 0.785. The molecule has 1 aliphatic heterocycles. The molecule has 0 aliphatic carbocycles. The van der Waals surface area contributed by atoms with Crippen molar-refractivity contribution in [2.45, 2.75) is 32.6 Å². The van der Waals surface area contributed by atoms with E-state index >= 15 is 0 Å². The summed E-state index contributed by atoms with van der Waals surface area (Å²) in [6.45, 7) is 6.11. The zero-order chi connectivity index (χ0) is 12.1. The van der Waals surface area contributed by atoms with Crippen LogP contribution in [0.15, 0.2) is 24.3 Å². The second-order valence-electron chi connectivity index (χ2n) is 5.25. The molecule has 0 radical (unpaired) electrons. The van der Waals surface area contributed by atoms with Crippen LogP contribution in [0.5, 0.6) is 0 Å². The number of rotatable bonds is 3. The van der Waals surface area contributed by atoms with Crippen molar-refractivity contribution in [3.63, 3.8) is 0 Å². The molecular weight excluding hydrogens is 230 g/mol. The zero-order valence-corrected chi connectivity index (χ0v) is 11.4. The van der Waals surface area contributed by atoms with Gasteiger partial charge >= 0.3 is 0 Å². The Hall–Kier alpha value is -0.530. The van der Waals surface area contributed by atoms with Crippen LogP contribution < -0.4 is 0 Å². The fraction of sp³-hybridized carbons (Fsp3) is 0.600. The maximum absolute atomic E-state index is 5.89. The van der Waals surface area contributed by atoms with E-state index < -0.39 is 0 Å². The normalized spacial score (nSPS) is 22.4. The second-order valence-corrected chi connectivity index (χ2v) is 5.69. The molecule has 17 heavy (non-hydrogen) atoms. The molecule has 1 aromatic carbocycles. The van der Waals surface area contributed by atoms with Crippen LogP contribution in [-0.4, -0.2) is 24.5 Å². The van der Waals surface area contributed by atoms with Gasteiger partial charge in [0.2, 0.25) is 0 Å². The zero-order valence-electron chi connectivity index (χ0n) is 10.7. The molecule has 0 saturated carbocycles. The Kier molecular flexibility index (Phi) is 4.87. The van der Waals surface area contributed by atoms with Crippen LogP contribution in [0.2, 0.25) is 5.02 Å². The number of hydrogen-bond acceptors (Lipinski definition) is 1. The monoisotopic (exact) mass is 251 g/mol. The van der Waals surface area contributed by atoms with Gasteiger partial charge in [-0.2, -0.15) is 0 Å². The first-order valence-electron chi connectivity index (χ1n) is 6.71. The smallest absolute Gasteiger partial charge is 0.0406 e. The first kappa shape index (κ1) is 12.9. The van der Waals surface area contributed by atoms with E-state index in [0.29, 0.717) is 0 Å². The minimum Gasteiger partial charge on any atom is -0.303 e. The molecule has 0 aromatic heterocycles. The first-order valence-corrected chi connectivity index (χ1v) is 7.08. The number of hydrogen-bond donors (Lipinski definition) is 0. The van der Waals surface area contributed by atoms with Gasteiger partial charge in [-0.05, 0) is 62.4 Å². The van der Waals surface area contributed by atoms with E-state index in [9.17, 15) is 0 Å². The van der Waals surface area contributed by atoms with Crippen molar-refractivity contribution in [2.75, 3.05) is 19.6 Å². The highest BCUT2D eigenvalue weighted by atomic mass is 35.5. The molecule has 0 N–H and O–H groups in total. The van der Waals surface area contributed by atoms with Crippen LogP contribution in [0.1, 0.15) is 31.7 Å². The first-order chi connectivity index (χ1) is 8.24. The molecule has 1 atom stereocenters. The lowest BCUT2D eigenvalue weighted by molar-refractivity contribution is 0.285. The summed E-state index contributed by atoms with van der Waals surface area (Å²) in [5, 5.41) is 0.831. The van der Waals surface area contributed by atoms with E-state index in [1.165, 1.54) is 44.5 Å². The molecule has 0 spiro atoms. The summed E-state index contributed by atoms with van der Waals surface area (Å²) in [7, 11) is 0. The van der Waals surface area contributed by atoms with Crippen LogP contribution in [0.3, 0.4) is 0 Å². The molecular formula is C15H22ClN. The molecule has 1 saturated heterocycles. The summed E-state index contributed by atoms with van der Waals surface area (Å²) >= 11 is 5.89. The Bertz CT molecular complexity index is 333. The Labute approximate surface area is 110 Å². The predicted molar refractivity (Wildman–Crippen MR) is 74.6 cm³/mol. The van der Waals surface area contributed by atoms with Gasteiger partial charge in [0.1, 0.15) is 0 Å². The van der Waals surface area contributed by atoms with Gasteiger partial charge in [-0.25, -0.2) is 0 Å². The van der Waals surface area contributed by atoms with Gasteiger partial charge in [0, 0.05) is 11.6 Å². The van der Waals surface area contributed by atoms with Gasteiger partial charge in [0.25, 0.3) is 0 Å². The molecule has 2 rings (SSSR count). The summed E-state index contributed by atoms with van der Waals surface area (Å²) in [5.74, 6) is 0.913. The van der Waals surface area contributed by atoms with Gasteiger partial charge in [0.15, 0.2) is 0 Å². The Morgan fingerprint density at radius 2 is 1.94 bits per heavy atom. The van der Waals surface area contributed by atoms with Gasteiger partial charge in [-0.15, -0.1) is 0 Å². The summed E-state index contributed by atoms with van der Waals surface area (Å²) < 4.78 is 0. The van der Waals surface area contributed by atoms with E-state index in [2.05, 4.69) is 24.0 Å². The van der Waals surface area contributed by atoms with Crippen LogP contribution >= 0.6 is 11.6 Å². The van der Waals surface area contributed by atoms with Crippen molar-refractivity contribution < 1.29 is 0 Å². The average molecular weight is 252 g/mol. The van der Waals surface area contributed by atoms with Crippen molar-refractivity contribution in [2.24, 2.45) is 5.92 Å². The Morgan fingerprint density at radius 3 is 2.71 bits per heavy atom. The molecule has 1 aromatic rings. The Balaban J connectivity index is 1.79. The lowest BCUT2D eigenvalue weighted by atomic mass is 10.0. The number of benzene rings is 1. The van der Waals surface area contributed by atoms with Gasteiger partial charge in [-0.1, -0.05) is 30.7 Å². The Morgan fingerprint density at radius 1 is 1.18 bits per heavy atom. The lowest BCUT2D eigenvalue weighted by Crippen LogP contribution is -2.27. The number of nitrogens with zero attached hydrogens (tertiary/aromatic N) is 1. The second kappa shape index (κ2) is 6.42. The minimum atomic E-state index is 0.831. The van der Waals surface area contributed by atoms with E-state index in [-0.39, 0.29) is 0 Å². The van der Waals surface area contributed by atoms with Crippen molar-refractivity contribution >= 4 is 11.6 Å². The van der Waals surface area contributed by atoms with Gasteiger partial charge < -0.3 is 4.90 Å². The van der Waals surface area contributed by atoms with Crippen molar-refractivity contribution in [3.8, 4) is 0 Å². The standard InChI is InChI=1S/C15H22ClN/c1-13-3-2-10-17(11-8-13)12-9-14-4-6-15(16)7-5-14/h4-7,13H,2-3,8-12H2,1H3. The maximum atomic E-state index is 5.89. The number of likely N-dealkylation sites (tertiary alicyclic amines) is 1. The van der Waals surface area contributed by atoms with Crippen molar-refractivity contribution in [1.82, 2.24) is 4.90 Å². The van der Waals surface area contributed by atoms with E-state index in [1.54, 1.807) is 0 Å². The summed E-state index contributed by atoms with van der Waals surface area (Å²) in [6.07, 6.45) is 5.27. The third-order valence-corrected chi connectivity index (χ3v) is 3.99. The van der Waals surface area contributed by atoms with Crippen molar-refractivity contribution in [1.29, 1.82) is 0 Å². The predicted octanol–water partition coefficient (Wildman–Crippen LogP) is 4.00. The van der Waals surface area contributed by atoms with Gasteiger partial charge in [0.05, 0.1) is 0 Å². The van der Waals surface area contributed by atoms with Crippen LogP contribution in [0, 0.1) is 5.92 Å². The third-order valence-electron chi connectivity index (χ3n) is 3.74. The SMILES string of the molecule is CC1CCCN(CCc2ccc(Cl)cc2)CC1. The fourth-order valence-electron chi connectivity index (χ4n) is 2.48. The molecule has 1 unspecified atom stereocenters. The lowest BCUT2D eigenvalue weighted by Gasteiger charge is -2.19. The highest BCUT2D eigenvalue weighted by Gasteiger charge is 2.13. The van der Waals surface area contributed by atoms with Crippen LogP contribution in [0.4, 0.5) is 0 Å². The topological polar surface area (TPSA) is 3.24 Å². The molecule has 1 fully saturated rings. The van der Waals surface area contributed by atoms with E-state index in [4.69, 9.17) is 11.6 Å². The summed E-state index contributed by atoms with van der Waals surface area (Å²) in [5.41, 5.74) is 1.40. The third kappa shape index (κ3) is 4.33. The van der Waals surface area contributed by atoms with Crippen molar-refractivity contribution in [3.05, 3.63) is 34.9 Å². The molecule has 0 bridgehead atoms. The van der Waals surface area contributed by atoms with Crippen LogP contribution in [-0.2, 0) is 6.42 Å². The highest BCUT2D eigenvalue weighted by molar-refractivity contribution is 6.30. The van der Waals surface area contributed by atoms with Crippen LogP contribution in [0.25, 0.3) is 0 Å². The summed E-state index contributed by atoms with van der Waals surface area (Å²) in [6, 6.07) is 8.26. The average Bonchev–Trinajstić information content (AvgIpc) is 2.54.